The Balaban J connectivity index is 2.24. The number of hydrogen-bond acceptors (Lipinski definition) is 4. The molecule has 0 unspecified atom stereocenters. The normalized spacial score (nSPS) is 14.6. The summed E-state index contributed by atoms with van der Waals surface area (Å²) in [6.07, 6.45) is 2.32. The van der Waals surface area contributed by atoms with Gasteiger partial charge in [-0.15, -0.1) is 0 Å². The molecule has 0 amide bonds. The molecule has 2 rings (SSSR count). The van der Waals surface area contributed by atoms with E-state index in [9.17, 15) is 8.42 Å². The van der Waals surface area contributed by atoms with Crippen LogP contribution in [-0.2, 0) is 16.4 Å². The van der Waals surface area contributed by atoms with Crippen LogP contribution < -0.4 is 9.62 Å². The average molecular weight is 335 g/mol. The molecule has 6 heteroatoms. The fourth-order valence-corrected chi connectivity index (χ4v) is 4.08. The molecule has 0 fully saturated rings. The monoisotopic (exact) mass is 335 g/mol. The molecule has 0 saturated heterocycles. The third-order valence-electron chi connectivity index (χ3n) is 4.23. The highest BCUT2D eigenvalue weighted by Gasteiger charge is 2.27. The molecule has 1 aliphatic heterocycles. The van der Waals surface area contributed by atoms with Gasteiger partial charge in [-0.3, -0.25) is 0 Å². The predicted octanol–water partition coefficient (Wildman–Crippen LogP) is 2.68. The van der Waals surface area contributed by atoms with E-state index in [4.69, 9.17) is 5.26 Å². The highest BCUT2D eigenvalue weighted by molar-refractivity contribution is 7.89. The van der Waals surface area contributed by atoms with Gasteiger partial charge in [-0.05, 0) is 36.0 Å². The van der Waals surface area contributed by atoms with E-state index in [-0.39, 0.29) is 5.41 Å². The molecule has 1 aromatic rings. The van der Waals surface area contributed by atoms with Crippen LogP contribution in [0.1, 0.15) is 39.2 Å². The van der Waals surface area contributed by atoms with Gasteiger partial charge in [0.05, 0.1) is 11.0 Å². The van der Waals surface area contributed by atoms with Gasteiger partial charge in [0, 0.05) is 31.7 Å². The SMILES string of the molecule is CCNS(=O)(=O)c1ccc2c(c1)N(CC(C)(C)CCC#N)CC2. The number of hydrogen-bond donors (Lipinski definition) is 1. The van der Waals surface area contributed by atoms with Crippen LogP contribution in [0.5, 0.6) is 0 Å². The fraction of sp³-hybridized carbons (Fsp3) is 0.588. The summed E-state index contributed by atoms with van der Waals surface area (Å²) in [5.74, 6) is 0. The molecule has 0 spiro atoms. The van der Waals surface area contributed by atoms with Gasteiger partial charge >= 0.3 is 0 Å². The van der Waals surface area contributed by atoms with Gasteiger partial charge in [-0.2, -0.15) is 5.26 Å². The first-order valence-corrected chi connectivity index (χ1v) is 9.52. The second-order valence-corrected chi connectivity index (χ2v) is 8.55. The first-order chi connectivity index (χ1) is 10.8. The summed E-state index contributed by atoms with van der Waals surface area (Å²) >= 11 is 0. The zero-order chi connectivity index (χ0) is 17.1. The number of nitrogens with one attached hydrogen (secondary N) is 1. The summed E-state index contributed by atoms with van der Waals surface area (Å²) in [6.45, 7) is 8.19. The molecule has 0 bridgehead atoms. The van der Waals surface area contributed by atoms with Gasteiger partial charge in [0.2, 0.25) is 10.0 Å². The Morgan fingerprint density at radius 1 is 1.39 bits per heavy atom. The Labute approximate surface area is 139 Å². The van der Waals surface area contributed by atoms with Crippen molar-refractivity contribution in [2.45, 2.75) is 44.9 Å². The van der Waals surface area contributed by atoms with E-state index >= 15 is 0 Å². The van der Waals surface area contributed by atoms with Crippen molar-refractivity contribution in [2.75, 3.05) is 24.5 Å². The third kappa shape index (κ3) is 4.24. The van der Waals surface area contributed by atoms with Gasteiger partial charge in [-0.25, -0.2) is 13.1 Å². The smallest absolute Gasteiger partial charge is 0.240 e. The van der Waals surface area contributed by atoms with Gasteiger partial charge < -0.3 is 4.90 Å². The minimum atomic E-state index is -3.43. The number of benzene rings is 1. The lowest BCUT2D eigenvalue weighted by Crippen LogP contribution is -2.33. The standard InChI is InChI=1S/C17H25N3O2S/c1-4-19-23(21,22)15-7-6-14-8-11-20(16(14)12-15)13-17(2,3)9-5-10-18/h6-7,12,19H,4-5,8-9,11,13H2,1-3H3. The molecule has 1 N–H and O–H groups in total. The van der Waals surface area contributed by atoms with Gasteiger partial charge in [-0.1, -0.05) is 26.8 Å². The second-order valence-electron chi connectivity index (χ2n) is 6.79. The lowest BCUT2D eigenvalue weighted by atomic mass is 9.87. The number of anilines is 1. The molecular weight excluding hydrogens is 310 g/mol. The quantitative estimate of drug-likeness (QED) is 0.831. The molecule has 126 valence electrons. The number of rotatable bonds is 7. The molecule has 0 saturated carbocycles. The molecule has 1 heterocycles. The van der Waals surface area contributed by atoms with E-state index in [0.29, 0.717) is 17.9 Å². The molecule has 0 aromatic heterocycles. The first-order valence-electron chi connectivity index (χ1n) is 8.03. The van der Waals surface area contributed by atoms with Crippen LogP contribution in [0, 0.1) is 16.7 Å². The van der Waals surface area contributed by atoms with Gasteiger partial charge in [0.25, 0.3) is 0 Å². The Morgan fingerprint density at radius 3 is 2.78 bits per heavy atom. The van der Waals surface area contributed by atoms with Gasteiger partial charge in [0.1, 0.15) is 0 Å². The zero-order valence-electron chi connectivity index (χ0n) is 14.1. The topological polar surface area (TPSA) is 73.2 Å². The van der Waals surface area contributed by atoms with Crippen LogP contribution in [0.25, 0.3) is 0 Å². The molecule has 1 aromatic carbocycles. The van der Waals surface area contributed by atoms with Crippen molar-refractivity contribution in [1.29, 1.82) is 5.26 Å². The Morgan fingerprint density at radius 2 is 2.13 bits per heavy atom. The minimum Gasteiger partial charge on any atom is -0.370 e. The van der Waals surface area contributed by atoms with Crippen molar-refractivity contribution in [1.82, 2.24) is 4.72 Å². The maximum absolute atomic E-state index is 12.2. The summed E-state index contributed by atoms with van der Waals surface area (Å²) in [6, 6.07) is 7.58. The summed E-state index contributed by atoms with van der Waals surface area (Å²) in [5.41, 5.74) is 2.22. The van der Waals surface area contributed by atoms with Crippen molar-refractivity contribution in [2.24, 2.45) is 5.41 Å². The van der Waals surface area contributed by atoms with Crippen LogP contribution >= 0.6 is 0 Å². The minimum absolute atomic E-state index is 0.0217. The highest BCUT2D eigenvalue weighted by Crippen LogP contribution is 2.34. The van der Waals surface area contributed by atoms with Crippen LogP contribution in [0.3, 0.4) is 0 Å². The van der Waals surface area contributed by atoms with E-state index in [0.717, 1.165) is 31.6 Å². The predicted molar refractivity (Wildman–Crippen MR) is 91.8 cm³/mol. The number of sulfonamides is 1. The highest BCUT2D eigenvalue weighted by atomic mass is 32.2. The largest absolute Gasteiger partial charge is 0.370 e. The Bertz CT molecular complexity index is 705. The molecule has 0 radical (unpaired) electrons. The Kier molecular flexibility index (Phi) is 5.33. The molecule has 0 aliphatic carbocycles. The van der Waals surface area contributed by atoms with E-state index in [2.05, 4.69) is 29.5 Å². The van der Waals surface area contributed by atoms with E-state index in [1.165, 1.54) is 5.56 Å². The van der Waals surface area contributed by atoms with E-state index < -0.39 is 10.0 Å². The molecule has 0 atom stereocenters. The summed E-state index contributed by atoms with van der Waals surface area (Å²) in [7, 11) is -3.43. The third-order valence-corrected chi connectivity index (χ3v) is 5.77. The maximum Gasteiger partial charge on any atom is 0.240 e. The van der Waals surface area contributed by atoms with E-state index in [1.807, 2.05) is 6.07 Å². The van der Waals surface area contributed by atoms with Crippen LogP contribution in [0.2, 0.25) is 0 Å². The van der Waals surface area contributed by atoms with Crippen LogP contribution in [-0.4, -0.2) is 28.1 Å². The van der Waals surface area contributed by atoms with Crippen molar-refractivity contribution < 1.29 is 8.42 Å². The summed E-state index contributed by atoms with van der Waals surface area (Å²) < 4.78 is 26.9. The molecular formula is C17H25N3O2S. The zero-order valence-corrected chi connectivity index (χ0v) is 14.9. The lowest BCUT2D eigenvalue weighted by molar-refractivity contribution is 0.343. The average Bonchev–Trinajstić information content (AvgIpc) is 2.87. The second kappa shape index (κ2) is 6.90. The van der Waals surface area contributed by atoms with Crippen molar-refractivity contribution in [3.05, 3.63) is 23.8 Å². The van der Waals surface area contributed by atoms with Crippen LogP contribution in [0.15, 0.2) is 23.1 Å². The number of fused-ring (bicyclic) bond motifs is 1. The molecule has 23 heavy (non-hydrogen) atoms. The molecule has 5 nitrogen and oxygen atoms in total. The fourth-order valence-electron chi connectivity index (χ4n) is 3.02. The number of nitriles is 1. The summed E-state index contributed by atoms with van der Waals surface area (Å²) in [4.78, 5) is 2.57. The Hall–Kier alpha value is -1.58. The van der Waals surface area contributed by atoms with E-state index in [1.54, 1.807) is 19.1 Å². The molecule has 1 aliphatic rings. The van der Waals surface area contributed by atoms with Crippen molar-refractivity contribution in [3.63, 3.8) is 0 Å². The number of nitrogens with zero attached hydrogens (tertiary/aromatic N) is 2. The van der Waals surface area contributed by atoms with Crippen molar-refractivity contribution in [3.8, 4) is 6.07 Å². The first kappa shape index (κ1) is 17.8. The lowest BCUT2D eigenvalue weighted by Gasteiger charge is -2.31. The van der Waals surface area contributed by atoms with Crippen molar-refractivity contribution >= 4 is 15.7 Å². The van der Waals surface area contributed by atoms with Gasteiger partial charge in [0.15, 0.2) is 0 Å². The van der Waals surface area contributed by atoms with Crippen LogP contribution in [0.4, 0.5) is 5.69 Å². The summed E-state index contributed by atoms with van der Waals surface area (Å²) in [5, 5.41) is 8.79. The maximum atomic E-state index is 12.2.